The molecule has 1 saturated carbocycles. The number of carbonyl (C=O) groups is 2. The molecule has 2 heterocycles. The number of fused-ring (bicyclic) bond motifs is 1. The molecule has 29 heavy (non-hydrogen) atoms. The predicted octanol–water partition coefficient (Wildman–Crippen LogP) is 4.36. The van der Waals surface area contributed by atoms with E-state index in [9.17, 15) is 9.59 Å². The van der Waals surface area contributed by atoms with E-state index in [0.29, 0.717) is 12.3 Å². The molecule has 0 bridgehead atoms. The normalized spacial score (nSPS) is 20.0. The van der Waals surface area contributed by atoms with E-state index in [4.69, 9.17) is 4.99 Å². The van der Waals surface area contributed by atoms with Gasteiger partial charge in [0.2, 0.25) is 12.1 Å². The number of benzene rings is 1. The highest BCUT2D eigenvalue weighted by Gasteiger charge is 2.31. The van der Waals surface area contributed by atoms with Gasteiger partial charge in [-0.25, -0.2) is 4.99 Å². The number of aliphatic imine (C=N–C) groups is 1. The maximum Gasteiger partial charge on any atom is 0.272 e. The fraction of sp³-hybridized carbons (Fsp3) is 0.435. The summed E-state index contributed by atoms with van der Waals surface area (Å²) in [5, 5.41) is 5.72. The number of hydrogen-bond donors (Lipinski definition) is 1. The maximum absolute atomic E-state index is 13.0. The first kappa shape index (κ1) is 19.8. The first-order valence-corrected chi connectivity index (χ1v) is 11.3. The Morgan fingerprint density at radius 3 is 2.69 bits per heavy atom. The Bertz CT molecular complexity index is 900. The Labute approximate surface area is 175 Å². The second-order valence-electron chi connectivity index (χ2n) is 7.89. The summed E-state index contributed by atoms with van der Waals surface area (Å²) < 4.78 is 0. The number of amides is 2. The SMILES string of the molecule is CN1C(=O)C(NC(=O)CCC2CCCCC2)N=C(c2ccccc2)c2ccsc21. The highest BCUT2D eigenvalue weighted by Crippen LogP contribution is 2.32. The number of hydrogen-bond acceptors (Lipinski definition) is 4. The van der Waals surface area contributed by atoms with Crippen molar-refractivity contribution >= 4 is 33.9 Å². The highest BCUT2D eigenvalue weighted by atomic mass is 32.1. The molecule has 1 aromatic heterocycles. The van der Waals surface area contributed by atoms with Gasteiger partial charge in [0.15, 0.2) is 0 Å². The first-order chi connectivity index (χ1) is 14.1. The number of anilines is 1. The molecule has 1 aromatic carbocycles. The lowest BCUT2D eigenvalue weighted by molar-refractivity contribution is -0.127. The van der Waals surface area contributed by atoms with Crippen LogP contribution in [0.4, 0.5) is 5.00 Å². The molecule has 1 atom stereocenters. The van der Waals surface area contributed by atoms with Crippen LogP contribution in [0.3, 0.4) is 0 Å². The minimum Gasteiger partial charge on any atom is -0.327 e. The van der Waals surface area contributed by atoms with E-state index in [-0.39, 0.29) is 11.8 Å². The van der Waals surface area contributed by atoms with Gasteiger partial charge >= 0.3 is 0 Å². The second kappa shape index (κ2) is 8.91. The van der Waals surface area contributed by atoms with Gasteiger partial charge in [-0.3, -0.25) is 9.59 Å². The molecule has 0 saturated heterocycles. The molecular weight excluding hydrogens is 382 g/mol. The van der Waals surface area contributed by atoms with Gasteiger partial charge in [-0.1, -0.05) is 62.4 Å². The van der Waals surface area contributed by atoms with Crippen LogP contribution < -0.4 is 10.2 Å². The number of carbonyl (C=O) groups excluding carboxylic acids is 2. The van der Waals surface area contributed by atoms with Crippen molar-refractivity contribution in [1.82, 2.24) is 5.32 Å². The molecule has 2 aliphatic rings. The molecule has 1 aliphatic carbocycles. The van der Waals surface area contributed by atoms with Crippen LogP contribution in [0, 0.1) is 5.92 Å². The first-order valence-electron chi connectivity index (χ1n) is 10.4. The number of nitrogens with one attached hydrogen (secondary N) is 1. The van der Waals surface area contributed by atoms with Gasteiger partial charge in [-0.05, 0) is 23.8 Å². The van der Waals surface area contributed by atoms with E-state index in [0.717, 1.165) is 28.3 Å². The summed E-state index contributed by atoms with van der Waals surface area (Å²) in [5.41, 5.74) is 2.62. The van der Waals surface area contributed by atoms with Gasteiger partial charge in [0.05, 0.1) is 5.71 Å². The molecule has 1 aliphatic heterocycles. The van der Waals surface area contributed by atoms with Crippen molar-refractivity contribution in [2.75, 3.05) is 11.9 Å². The lowest BCUT2D eigenvalue weighted by Gasteiger charge is -2.22. The average molecular weight is 410 g/mol. The van der Waals surface area contributed by atoms with Gasteiger partial charge < -0.3 is 10.2 Å². The smallest absolute Gasteiger partial charge is 0.272 e. The van der Waals surface area contributed by atoms with E-state index < -0.39 is 6.17 Å². The van der Waals surface area contributed by atoms with Gasteiger partial charge in [-0.2, -0.15) is 0 Å². The summed E-state index contributed by atoms with van der Waals surface area (Å²) in [5.74, 6) is 0.340. The van der Waals surface area contributed by atoms with Crippen LogP contribution >= 0.6 is 11.3 Å². The quantitative estimate of drug-likeness (QED) is 0.797. The fourth-order valence-electron chi connectivity index (χ4n) is 4.23. The van der Waals surface area contributed by atoms with Crippen LogP contribution in [0.1, 0.15) is 56.1 Å². The molecule has 2 aromatic rings. The number of likely N-dealkylation sites (N-methyl/N-ethyl adjacent to an activating group) is 1. The maximum atomic E-state index is 13.0. The summed E-state index contributed by atoms with van der Waals surface area (Å²) >= 11 is 1.51. The zero-order valence-electron chi connectivity index (χ0n) is 16.8. The molecule has 1 fully saturated rings. The van der Waals surface area contributed by atoms with Gasteiger partial charge in [0.1, 0.15) is 5.00 Å². The van der Waals surface area contributed by atoms with Crippen molar-refractivity contribution in [3.8, 4) is 0 Å². The summed E-state index contributed by atoms with van der Waals surface area (Å²) in [6, 6.07) is 11.8. The lowest BCUT2D eigenvalue weighted by atomic mass is 9.86. The third-order valence-corrected chi connectivity index (χ3v) is 6.87. The van der Waals surface area contributed by atoms with E-state index in [2.05, 4.69) is 5.32 Å². The van der Waals surface area contributed by atoms with E-state index >= 15 is 0 Å². The Kier molecular flexibility index (Phi) is 6.09. The van der Waals surface area contributed by atoms with Crippen molar-refractivity contribution in [3.63, 3.8) is 0 Å². The zero-order chi connectivity index (χ0) is 20.2. The molecule has 4 rings (SSSR count). The zero-order valence-corrected chi connectivity index (χ0v) is 17.6. The van der Waals surface area contributed by atoms with E-state index in [1.165, 1.54) is 43.4 Å². The third kappa shape index (κ3) is 4.42. The Hall–Kier alpha value is -2.47. The van der Waals surface area contributed by atoms with E-state index in [1.807, 2.05) is 41.8 Å². The molecule has 6 heteroatoms. The molecule has 5 nitrogen and oxygen atoms in total. The molecule has 1 N–H and O–H groups in total. The van der Waals surface area contributed by atoms with Crippen LogP contribution in [0.25, 0.3) is 0 Å². The van der Waals surface area contributed by atoms with Crippen molar-refractivity contribution in [2.45, 2.75) is 51.1 Å². The Morgan fingerprint density at radius 1 is 1.17 bits per heavy atom. The lowest BCUT2D eigenvalue weighted by Crippen LogP contribution is -2.46. The molecule has 152 valence electrons. The minimum atomic E-state index is -0.895. The van der Waals surface area contributed by atoms with Crippen molar-refractivity contribution < 1.29 is 9.59 Å². The van der Waals surface area contributed by atoms with Crippen molar-refractivity contribution in [1.29, 1.82) is 0 Å². The average Bonchev–Trinajstić information content (AvgIpc) is 3.22. The van der Waals surface area contributed by atoms with Gasteiger partial charge in [0, 0.05) is 24.6 Å². The Balaban J connectivity index is 1.54. The monoisotopic (exact) mass is 409 g/mol. The molecule has 0 radical (unpaired) electrons. The van der Waals surface area contributed by atoms with Crippen LogP contribution in [-0.4, -0.2) is 30.7 Å². The molecule has 1 unspecified atom stereocenters. The van der Waals surface area contributed by atoms with Gasteiger partial charge in [0.25, 0.3) is 5.91 Å². The second-order valence-corrected chi connectivity index (χ2v) is 8.79. The number of thiophene rings is 1. The predicted molar refractivity (Wildman–Crippen MR) is 118 cm³/mol. The van der Waals surface area contributed by atoms with Crippen LogP contribution in [0.2, 0.25) is 0 Å². The minimum absolute atomic E-state index is 0.0938. The molecule has 0 spiro atoms. The van der Waals surface area contributed by atoms with Crippen molar-refractivity contribution in [2.24, 2.45) is 10.9 Å². The molecule has 2 amide bonds. The van der Waals surface area contributed by atoms with Crippen LogP contribution in [-0.2, 0) is 9.59 Å². The third-order valence-electron chi connectivity index (χ3n) is 5.88. The topological polar surface area (TPSA) is 61.8 Å². The van der Waals surface area contributed by atoms with Gasteiger partial charge in [-0.15, -0.1) is 11.3 Å². The van der Waals surface area contributed by atoms with Crippen LogP contribution in [0.15, 0.2) is 46.8 Å². The van der Waals surface area contributed by atoms with E-state index in [1.54, 1.807) is 11.9 Å². The summed E-state index contributed by atoms with van der Waals surface area (Å²) in [4.78, 5) is 32.0. The fourth-order valence-corrected chi connectivity index (χ4v) is 5.11. The standard InChI is InChI=1S/C23H27N3O2S/c1-26-22(28)21(24-19(27)13-12-16-8-4-2-5-9-16)25-20(17-10-6-3-7-11-17)18-14-15-29-23(18)26/h3,6-7,10-11,14-16,21H,2,4-5,8-9,12-13H2,1H3,(H,24,27). The van der Waals surface area contributed by atoms with Crippen molar-refractivity contribution in [3.05, 3.63) is 52.9 Å². The number of nitrogens with zero attached hydrogens (tertiary/aromatic N) is 2. The number of rotatable bonds is 5. The highest BCUT2D eigenvalue weighted by molar-refractivity contribution is 7.14. The summed E-state index contributed by atoms with van der Waals surface area (Å²) in [6.07, 6.45) is 6.74. The largest absolute Gasteiger partial charge is 0.327 e. The Morgan fingerprint density at radius 2 is 1.93 bits per heavy atom. The van der Waals surface area contributed by atoms with Crippen LogP contribution in [0.5, 0.6) is 0 Å². The summed E-state index contributed by atoms with van der Waals surface area (Å²) in [7, 11) is 1.75. The molecular formula is C23H27N3O2S. The summed E-state index contributed by atoms with van der Waals surface area (Å²) in [6.45, 7) is 0.